The van der Waals surface area contributed by atoms with E-state index in [2.05, 4.69) is 19.9 Å². The molecular weight excluding hydrogens is 610 g/mol. The van der Waals surface area contributed by atoms with Gasteiger partial charge in [-0.3, -0.25) is 0 Å². The molecule has 0 aromatic heterocycles. The number of carbonyl (C=O) groups excluding carboxylic acids is 1. The molecule has 0 saturated heterocycles. The van der Waals surface area contributed by atoms with Crippen LogP contribution in [0.5, 0.6) is 17.2 Å². The first-order valence-corrected chi connectivity index (χ1v) is 19.5. The first kappa shape index (κ1) is 41.7. The van der Waals surface area contributed by atoms with Crippen molar-refractivity contribution in [3.63, 3.8) is 0 Å². The summed E-state index contributed by atoms with van der Waals surface area (Å²) in [5.41, 5.74) is 2.17. The minimum absolute atomic E-state index is 0.149. The van der Waals surface area contributed by atoms with E-state index >= 15 is 0 Å². The van der Waals surface area contributed by atoms with E-state index < -0.39 is 5.97 Å². The fourth-order valence-electron chi connectivity index (χ4n) is 5.81. The molecular formula is C43H65NO5. The van der Waals surface area contributed by atoms with E-state index in [0.29, 0.717) is 31.1 Å². The Bertz CT molecular complexity index is 1200. The SMILES string of the molecule is CCCCCCCCCCCCOc1ccc(C=C(C#N)c2ccc(OCC(=O)OCC)cc2)cc1OCCCCCCCCCCCC. The molecule has 49 heavy (non-hydrogen) atoms. The predicted molar refractivity (Wildman–Crippen MR) is 203 cm³/mol. The van der Waals surface area contributed by atoms with Crippen LogP contribution in [0, 0.1) is 11.3 Å². The van der Waals surface area contributed by atoms with Gasteiger partial charge in [0.2, 0.25) is 0 Å². The molecule has 0 aliphatic carbocycles. The van der Waals surface area contributed by atoms with Crippen molar-refractivity contribution in [2.75, 3.05) is 26.4 Å². The van der Waals surface area contributed by atoms with Crippen molar-refractivity contribution in [1.82, 2.24) is 0 Å². The van der Waals surface area contributed by atoms with Crippen LogP contribution in [0.15, 0.2) is 42.5 Å². The van der Waals surface area contributed by atoms with Crippen LogP contribution in [0.25, 0.3) is 11.6 Å². The minimum Gasteiger partial charge on any atom is -0.490 e. The molecule has 6 nitrogen and oxygen atoms in total. The Hall–Kier alpha value is -3.46. The highest BCUT2D eigenvalue weighted by Crippen LogP contribution is 2.31. The van der Waals surface area contributed by atoms with Crippen LogP contribution in [-0.4, -0.2) is 32.4 Å². The van der Waals surface area contributed by atoms with Crippen LogP contribution >= 0.6 is 0 Å². The van der Waals surface area contributed by atoms with Crippen LogP contribution in [0.1, 0.15) is 160 Å². The maximum absolute atomic E-state index is 11.6. The third-order valence-corrected chi connectivity index (χ3v) is 8.74. The monoisotopic (exact) mass is 675 g/mol. The van der Waals surface area contributed by atoms with Crippen molar-refractivity contribution in [3.8, 4) is 23.3 Å². The smallest absolute Gasteiger partial charge is 0.344 e. The fraction of sp³-hybridized carbons (Fsp3) is 0.628. The van der Waals surface area contributed by atoms with E-state index in [1.807, 2.05) is 36.4 Å². The summed E-state index contributed by atoms with van der Waals surface area (Å²) in [5, 5.41) is 9.99. The summed E-state index contributed by atoms with van der Waals surface area (Å²) in [4.78, 5) is 11.6. The highest BCUT2D eigenvalue weighted by molar-refractivity contribution is 5.90. The van der Waals surface area contributed by atoms with Crippen LogP contribution in [-0.2, 0) is 9.53 Å². The zero-order chi connectivity index (χ0) is 35.2. The summed E-state index contributed by atoms with van der Waals surface area (Å²) < 4.78 is 23.0. The Morgan fingerprint density at radius 3 is 1.59 bits per heavy atom. The van der Waals surface area contributed by atoms with Crippen LogP contribution in [0.4, 0.5) is 0 Å². The highest BCUT2D eigenvalue weighted by Gasteiger charge is 2.10. The Morgan fingerprint density at radius 2 is 1.10 bits per heavy atom. The van der Waals surface area contributed by atoms with Gasteiger partial charge in [-0.25, -0.2) is 4.79 Å². The molecule has 2 aromatic carbocycles. The van der Waals surface area contributed by atoms with Crippen LogP contribution < -0.4 is 14.2 Å². The zero-order valence-electron chi connectivity index (χ0n) is 31.1. The van der Waals surface area contributed by atoms with E-state index in [0.717, 1.165) is 35.5 Å². The van der Waals surface area contributed by atoms with Crippen molar-refractivity contribution >= 4 is 17.6 Å². The third kappa shape index (κ3) is 20.0. The number of unbranched alkanes of at least 4 members (excludes halogenated alkanes) is 18. The normalized spacial score (nSPS) is 11.3. The lowest BCUT2D eigenvalue weighted by Gasteiger charge is -2.14. The molecule has 2 aromatic rings. The van der Waals surface area contributed by atoms with Gasteiger partial charge in [0, 0.05) is 0 Å². The van der Waals surface area contributed by atoms with Crippen LogP contribution in [0.2, 0.25) is 0 Å². The largest absolute Gasteiger partial charge is 0.490 e. The number of carbonyl (C=O) groups is 1. The molecule has 0 atom stereocenters. The Balaban J connectivity index is 1.94. The lowest BCUT2D eigenvalue weighted by molar-refractivity contribution is -0.145. The lowest BCUT2D eigenvalue weighted by atomic mass is 10.0. The topological polar surface area (TPSA) is 77.8 Å². The Morgan fingerprint density at radius 1 is 0.612 bits per heavy atom. The fourth-order valence-corrected chi connectivity index (χ4v) is 5.81. The molecule has 0 amide bonds. The second kappa shape index (κ2) is 28.4. The third-order valence-electron chi connectivity index (χ3n) is 8.74. The summed E-state index contributed by atoms with van der Waals surface area (Å²) in [6.07, 6.45) is 27.6. The maximum Gasteiger partial charge on any atom is 0.344 e. The molecule has 0 fully saturated rings. The molecule has 0 aliphatic heterocycles. The average molecular weight is 676 g/mol. The molecule has 0 radical (unpaired) electrons. The average Bonchev–Trinajstić information content (AvgIpc) is 3.12. The van der Waals surface area contributed by atoms with Gasteiger partial charge in [0.25, 0.3) is 0 Å². The van der Waals surface area contributed by atoms with Crippen molar-refractivity contribution in [2.24, 2.45) is 0 Å². The van der Waals surface area contributed by atoms with Gasteiger partial charge in [-0.15, -0.1) is 0 Å². The minimum atomic E-state index is -0.411. The molecule has 0 spiro atoms. The molecule has 6 heteroatoms. The molecule has 0 N–H and O–H groups in total. The van der Waals surface area contributed by atoms with E-state index in [-0.39, 0.29) is 6.61 Å². The standard InChI is InChI=1S/C43H65NO5/c1-4-7-9-11-13-15-17-19-21-23-31-47-41-30-25-37(34-42(41)48-32-24-22-20-18-16-14-12-10-8-5-2)33-39(35-44)38-26-28-40(29-27-38)49-36-43(45)46-6-3/h25-30,33-34H,4-24,31-32,36H2,1-3H3. The van der Waals surface area contributed by atoms with Crippen molar-refractivity contribution < 1.29 is 23.7 Å². The number of hydrogen-bond acceptors (Lipinski definition) is 6. The maximum atomic E-state index is 11.6. The quantitative estimate of drug-likeness (QED) is 0.0355. The van der Waals surface area contributed by atoms with E-state index in [1.54, 1.807) is 19.1 Å². The second-order valence-electron chi connectivity index (χ2n) is 13.1. The number of hydrogen-bond donors (Lipinski definition) is 0. The summed E-state index contributed by atoms with van der Waals surface area (Å²) in [5.74, 6) is 1.63. The number of esters is 1. The Kier molecular flexibility index (Phi) is 24.2. The molecule has 0 aliphatic rings. The Labute approximate surface area is 298 Å². The summed E-state index contributed by atoms with van der Waals surface area (Å²) in [6.45, 7) is 7.78. The summed E-state index contributed by atoms with van der Waals surface area (Å²) >= 11 is 0. The van der Waals surface area contributed by atoms with Gasteiger partial charge in [0.1, 0.15) is 5.75 Å². The lowest BCUT2D eigenvalue weighted by Crippen LogP contribution is -2.14. The molecule has 0 heterocycles. The predicted octanol–water partition coefficient (Wildman–Crippen LogP) is 12.3. The second-order valence-corrected chi connectivity index (χ2v) is 13.1. The van der Waals surface area contributed by atoms with Gasteiger partial charge in [-0.05, 0) is 73.4 Å². The molecule has 0 unspecified atom stereocenters. The van der Waals surface area contributed by atoms with E-state index in [1.165, 1.54) is 116 Å². The van der Waals surface area contributed by atoms with Crippen molar-refractivity contribution in [2.45, 2.75) is 149 Å². The van der Waals surface area contributed by atoms with Crippen molar-refractivity contribution in [1.29, 1.82) is 5.26 Å². The molecule has 0 bridgehead atoms. The number of allylic oxidation sites excluding steroid dienone is 1. The van der Waals surface area contributed by atoms with Crippen LogP contribution in [0.3, 0.4) is 0 Å². The first-order chi connectivity index (χ1) is 24.1. The molecule has 0 saturated carbocycles. The van der Waals surface area contributed by atoms with E-state index in [4.69, 9.17) is 18.9 Å². The van der Waals surface area contributed by atoms with Gasteiger partial charge in [-0.2, -0.15) is 5.26 Å². The zero-order valence-corrected chi connectivity index (χ0v) is 31.1. The summed E-state index contributed by atoms with van der Waals surface area (Å²) in [7, 11) is 0. The number of nitriles is 1. The van der Waals surface area contributed by atoms with Gasteiger partial charge in [0.05, 0.1) is 31.5 Å². The van der Waals surface area contributed by atoms with Gasteiger partial charge in [0.15, 0.2) is 18.1 Å². The number of benzene rings is 2. The highest BCUT2D eigenvalue weighted by atomic mass is 16.6. The van der Waals surface area contributed by atoms with Gasteiger partial charge >= 0.3 is 5.97 Å². The van der Waals surface area contributed by atoms with E-state index in [9.17, 15) is 10.1 Å². The van der Waals surface area contributed by atoms with Crippen molar-refractivity contribution in [3.05, 3.63) is 53.6 Å². The number of ether oxygens (including phenoxy) is 4. The number of nitrogens with zero attached hydrogens (tertiary/aromatic N) is 1. The first-order valence-electron chi connectivity index (χ1n) is 19.5. The summed E-state index contributed by atoms with van der Waals surface area (Å²) in [6, 6.07) is 15.4. The number of rotatable bonds is 30. The van der Waals surface area contributed by atoms with Gasteiger partial charge < -0.3 is 18.9 Å². The van der Waals surface area contributed by atoms with Gasteiger partial charge in [-0.1, -0.05) is 135 Å². The molecule has 272 valence electrons. The molecule has 2 rings (SSSR count).